The third-order valence-corrected chi connectivity index (χ3v) is 4.98. The van der Waals surface area contributed by atoms with E-state index >= 15 is 0 Å². The maximum absolute atomic E-state index is 12.0. The van der Waals surface area contributed by atoms with Crippen molar-refractivity contribution in [2.24, 2.45) is 0 Å². The van der Waals surface area contributed by atoms with E-state index < -0.39 is 0 Å². The van der Waals surface area contributed by atoms with Gasteiger partial charge in [0.05, 0.1) is 11.3 Å². The van der Waals surface area contributed by atoms with Crippen LogP contribution < -0.4 is 0 Å². The summed E-state index contributed by atoms with van der Waals surface area (Å²) in [6.07, 6.45) is 0.865. The molecule has 1 aliphatic rings. The second kappa shape index (κ2) is 8.15. The van der Waals surface area contributed by atoms with Crippen molar-refractivity contribution in [3.05, 3.63) is 58.8 Å². The van der Waals surface area contributed by atoms with Crippen LogP contribution in [0.5, 0.6) is 0 Å². The number of nitriles is 1. The summed E-state index contributed by atoms with van der Waals surface area (Å²) in [7, 11) is 2.06. The second-order valence-electron chi connectivity index (χ2n) is 5.98. The minimum atomic E-state index is -0.308. The first-order valence-electron chi connectivity index (χ1n) is 8.09. The highest BCUT2D eigenvalue weighted by Gasteiger charge is 2.18. The normalized spacial score (nSPS) is 13.8. The van der Waals surface area contributed by atoms with E-state index in [0.29, 0.717) is 10.6 Å². The summed E-state index contributed by atoms with van der Waals surface area (Å²) in [5.74, 6) is -0.162. The van der Waals surface area contributed by atoms with Crippen molar-refractivity contribution in [3.8, 4) is 6.07 Å². The first-order chi connectivity index (χ1) is 12.2. The topological polar surface area (TPSA) is 66.2 Å². The standard InChI is InChI=1S/C19H19N3O2S/c1-22-8-7-17-16(11-22)9-15(10-20)19(21-17)25-13-18(23)24-12-14-5-3-2-4-6-14/h2-6,9H,7-8,11-13H2,1H3. The molecule has 1 aromatic carbocycles. The van der Waals surface area contributed by atoms with Gasteiger partial charge in [-0.2, -0.15) is 5.26 Å². The average molecular weight is 353 g/mol. The van der Waals surface area contributed by atoms with E-state index in [2.05, 4.69) is 23.0 Å². The number of likely N-dealkylation sites (N-methyl/N-ethyl adjacent to an activating group) is 1. The van der Waals surface area contributed by atoms with Crippen LogP contribution in [-0.4, -0.2) is 35.2 Å². The summed E-state index contributed by atoms with van der Waals surface area (Å²) >= 11 is 1.27. The fraction of sp³-hybridized carbons (Fsp3) is 0.316. The van der Waals surface area contributed by atoms with Crippen molar-refractivity contribution in [2.75, 3.05) is 19.3 Å². The fourth-order valence-electron chi connectivity index (χ4n) is 2.69. The number of hydrogen-bond acceptors (Lipinski definition) is 6. The summed E-state index contributed by atoms with van der Waals surface area (Å²) < 4.78 is 5.27. The Morgan fingerprint density at radius 3 is 2.96 bits per heavy atom. The van der Waals surface area contributed by atoms with Crippen LogP contribution in [0.15, 0.2) is 41.4 Å². The van der Waals surface area contributed by atoms with E-state index in [1.807, 2.05) is 36.4 Å². The Morgan fingerprint density at radius 1 is 1.40 bits per heavy atom. The monoisotopic (exact) mass is 353 g/mol. The summed E-state index contributed by atoms with van der Waals surface area (Å²) in [6, 6.07) is 13.6. The lowest BCUT2D eigenvalue weighted by molar-refractivity contribution is -0.141. The smallest absolute Gasteiger partial charge is 0.316 e. The molecule has 0 fully saturated rings. The van der Waals surface area contributed by atoms with Gasteiger partial charge in [-0.15, -0.1) is 0 Å². The molecule has 0 bridgehead atoms. The Morgan fingerprint density at radius 2 is 2.20 bits per heavy atom. The molecule has 0 unspecified atom stereocenters. The lowest BCUT2D eigenvalue weighted by Crippen LogP contribution is -2.27. The average Bonchev–Trinajstić information content (AvgIpc) is 2.64. The zero-order valence-corrected chi connectivity index (χ0v) is 14.9. The number of hydrogen-bond donors (Lipinski definition) is 0. The predicted octanol–water partition coefficient (Wildman–Crippen LogP) is 2.78. The van der Waals surface area contributed by atoms with E-state index in [1.54, 1.807) is 0 Å². The number of fused-ring (bicyclic) bond motifs is 1. The molecular formula is C19H19N3O2S. The van der Waals surface area contributed by atoms with Crippen molar-refractivity contribution in [1.82, 2.24) is 9.88 Å². The number of benzene rings is 1. The van der Waals surface area contributed by atoms with Gasteiger partial charge in [-0.3, -0.25) is 4.79 Å². The van der Waals surface area contributed by atoms with Gasteiger partial charge < -0.3 is 9.64 Å². The van der Waals surface area contributed by atoms with Crippen molar-refractivity contribution in [2.45, 2.75) is 24.6 Å². The van der Waals surface area contributed by atoms with Gasteiger partial charge in [0.15, 0.2) is 0 Å². The van der Waals surface area contributed by atoms with E-state index in [-0.39, 0.29) is 18.3 Å². The summed E-state index contributed by atoms with van der Waals surface area (Å²) in [4.78, 5) is 18.8. The van der Waals surface area contributed by atoms with Gasteiger partial charge in [0, 0.05) is 25.2 Å². The Kier molecular flexibility index (Phi) is 5.69. The maximum atomic E-state index is 12.0. The first-order valence-corrected chi connectivity index (χ1v) is 9.08. The summed E-state index contributed by atoms with van der Waals surface area (Å²) in [5.41, 5.74) is 3.60. The van der Waals surface area contributed by atoms with Crippen LogP contribution >= 0.6 is 11.8 Å². The molecule has 25 heavy (non-hydrogen) atoms. The third-order valence-electron chi connectivity index (χ3n) is 4.02. The van der Waals surface area contributed by atoms with Gasteiger partial charge in [0.1, 0.15) is 17.7 Å². The van der Waals surface area contributed by atoms with Crippen molar-refractivity contribution >= 4 is 17.7 Å². The Labute approximate surface area is 151 Å². The van der Waals surface area contributed by atoms with Gasteiger partial charge in [0.2, 0.25) is 0 Å². The maximum Gasteiger partial charge on any atom is 0.316 e. The number of nitrogens with zero attached hydrogens (tertiary/aromatic N) is 3. The van der Waals surface area contributed by atoms with Gasteiger partial charge >= 0.3 is 5.97 Å². The van der Waals surface area contributed by atoms with E-state index in [1.165, 1.54) is 11.8 Å². The zero-order chi connectivity index (χ0) is 17.6. The number of rotatable bonds is 5. The number of thioether (sulfide) groups is 1. The molecule has 0 N–H and O–H groups in total. The fourth-order valence-corrected chi connectivity index (χ4v) is 3.46. The van der Waals surface area contributed by atoms with Gasteiger partial charge in [-0.05, 0) is 24.2 Å². The first kappa shape index (κ1) is 17.5. The van der Waals surface area contributed by atoms with Crippen LogP contribution in [0.3, 0.4) is 0 Å². The van der Waals surface area contributed by atoms with Gasteiger partial charge in [0.25, 0.3) is 0 Å². The highest BCUT2D eigenvalue weighted by molar-refractivity contribution is 7.99. The van der Waals surface area contributed by atoms with Gasteiger partial charge in [-0.25, -0.2) is 4.98 Å². The highest BCUT2D eigenvalue weighted by atomic mass is 32.2. The number of pyridine rings is 1. The quantitative estimate of drug-likeness (QED) is 0.608. The van der Waals surface area contributed by atoms with Crippen LogP contribution in [0.4, 0.5) is 0 Å². The Hall–Kier alpha value is -2.36. The SMILES string of the molecule is CN1CCc2nc(SCC(=O)OCc3ccccc3)c(C#N)cc2C1. The zero-order valence-electron chi connectivity index (χ0n) is 14.1. The summed E-state index contributed by atoms with van der Waals surface area (Å²) in [6.45, 7) is 2.02. The molecule has 0 atom stereocenters. The lowest BCUT2D eigenvalue weighted by atomic mass is 10.0. The Bertz CT molecular complexity index is 802. The molecule has 0 amide bonds. The second-order valence-corrected chi connectivity index (χ2v) is 6.95. The van der Waals surface area contributed by atoms with E-state index in [0.717, 1.165) is 36.3 Å². The molecule has 2 aromatic rings. The molecule has 0 radical (unpaired) electrons. The molecule has 1 aliphatic heterocycles. The molecule has 1 aromatic heterocycles. The number of aromatic nitrogens is 1. The van der Waals surface area contributed by atoms with E-state index in [9.17, 15) is 10.1 Å². The minimum absolute atomic E-state index is 0.146. The van der Waals surface area contributed by atoms with Crippen molar-refractivity contribution in [3.63, 3.8) is 0 Å². The molecule has 6 heteroatoms. The van der Waals surface area contributed by atoms with Crippen molar-refractivity contribution in [1.29, 1.82) is 5.26 Å². The van der Waals surface area contributed by atoms with Crippen LogP contribution in [0.1, 0.15) is 22.4 Å². The molecule has 0 aliphatic carbocycles. The predicted molar refractivity (Wildman–Crippen MR) is 96.0 cm³/mol. The molecular weight excluding hydrogens is 334 g/mol. The largest absolute Gasteiger partial charge is 0.460 e. The van der Waals surface area contributed by atoms with Crippen molar-refractivity contribution < 1.29 is 9.53 Å². The third kappa shape index (κ3) is 4.59. The highest BCUT2D eigenvalue weighted by Crippen LogP contribution is 2.26. The number of ether oxygens (including phenoxy) is 1. The molecule has 0 saturated heterocycles. The van der Waals surface area contributed by atoms with E-state index in [4.69, 9.17) is 4.74 Å². The van der Waals surface area contributed by atoms with Crippen LogP contribution in [0.2, 0.25) is 0 Å². The molecule has 3 rings (SSSR count). The Balaban J connectivity index is 1.61. The molecule has 5 nitrogen and oxygen atoms in total. The molecule has 2 heterocycles. The molecule has 0 saturated carbocycles. The number of carbonyl (C=O) groups excluding carboxylic acids is 1. The number of carbonyl (C=O) groups is 1. The van der Waals surface area contributed by atoms with Crippen LogP contribution in [0.25, 0.3) is 0 Å². The van der Waals surface area contributed by atoms with Crippen LogP contribution in [0, 0.1) is 11.3 Å². The number of esters is 1. The lowest BCUT2D eigenvalue weighted by Gasteiger charge is -2.24. The minimum Gasteiger partial charge on any atom is -0.460 e. The summed E-state index contributed by atoms with van der Waals surface area (Å²) in [5, 5.41) is 9.98. The van der Waals surface area contributed by atoms with Gasteiger partial charge in [-0.1, -0.05) is 42.1 Å². The molecule has 128 valence electrons. The molecule has 0 spiro atoms. The van der Waals surface area contributed by atoms with Crippen LogP contribution in [-0.2, 0) is 29.1 Å².